The maximum Gasteiger partial charge on any atom is -0.0169 e. The quantitative estimate of drug-likeness (QED) is 0.446. The van der Waals surface area contributed by atoms with Gasteiger partial charge in [0.25, 0.3) is 0 Å². The average Bonchev–Trinajstić information content (AvgIpc) is 2.01. The fourth-order valence-electron chi connectivity index (χ4n) is 0.970. The van der Waals surface area contributed by atoms with E-state index in [1.807, 2.05) is 0 Å². The molecular weight excluding hydrogens is 120 g/mol. The van der Waals surface area contributed by atoms with Gasteiger partial charge in [-0.2, -0.15) is 0 Å². The molecule has 0 nitrogen and oxygen atoms in total. The normalized spacial score (nSPS) is 28.8. The lowest BCUT2D eigenvalue weighted by molar-refractivity contribution is 1.03. The van der Waals surface area contributed by atoms with Crippen LogP contribution in [0.4, 0.5) is 0 Å². The van der Waals surface area contributed by atoms with Crippen LogP contribution in [0.3, 0.4) is 0 Å². The molecule has 0 saturated heterocycles. The maximum atomic E-state index is 2.25. The molecule has 0 fully saturated rings. The molecule has 0 aromatic rings. The van der Waals surface area contributed by atoms with E-state index in [1.165, 1.54) is 12.8 Å². The highest BCUT2D eigenvalue weighted by Crippen LogP contribution is 1.99. The summed E-state index contributed by atoms with van der Waals surface area (Å²) in [7, 11) is 0. The Hall–Kier alpha value is -0.780. The Balaban J connectivity index is 2.38. The number of hydrogen-bond acceptors (Lipinski definition) is 0. The molecule has 1 aliphatic rings. The van der Waals surface area contributed by atoms with Crippen molar-refractivity contribution in [1.82, 2.24) is 0 Å². The highest BCUT2D eigenvalue weighted by molar-refractivity contribution is 4.99. The minimum Gasteiger partial charge on any atom is -0.0879 e. The zero-order valence-corrected chi connectivity index (χ0v) is 6.29. The third-order valence-corrected chi connectivity index (χ3v) is 1.54. The standard InChI is InChI=1S/C10H14/c1-2-4-6-8-10-9-7-5-3-1/h1-2,5-8H,3-4,9-10H2/b2-1+,7-5-,8-6-. The topological polar surface area (TPSA) is 0 Å². The zero-order chi connectivity index (χ0) is 7.07. The van der Waals surface area contributed by atoms with E-state index in [0.29, 0.717) is 0 Å². The summed E-state index contributed by atoms with van der Waals surface area (Å²) >= 11 is 0. The van der Waals surface area contributed by atoms with Gasteiger partial charge in [-0.15, -0.1) is 0 Å². The van der Waals surface area contributed by atoms with Gasteiger partial charge in [-0.25, -0.2) is 0 Å². The lowest BCUT2D eigenvalue weighted by Crippen LogP contribution is -1.68. The van der Waals surface area contributed by atoms with Gasteiger partial charge in [-0.1, -0.05) is 36.5 Å². The number of allylic oxidation sites excluding steroid dienone is 6. The number of hydrogen-bond donors (Lipinski definition) is 0. The molecule has 54 valence electrons. The summed E-state index contributed by atoms with van der Waals surface area (Å²) in [6, 6.07) is 0. The van der Waals surface area contributed by atoms with Gasteiger partial charge < -0.3 is 0 Å². The minimum absolute atomic E-state index is 1.10. The Morgan fingerprint density at radius 3 is 1.40 bits per heavy atom. The van der Waals surface area contributed by atoms with Gasteiger partial charge in [0.1, 0.15) is 0 Å². The van der Waals surface area contributed by atoms with E-state index in [-0.39, 0.29) is 0 Å². The van der Waals surface area contributed by atoms with Crippen molar-refractivity contribution in [3.8, 4) is 0 Å². The summed E-state index contributed by atoms with van der Waals surface area (Å²) < 4.78 is 0. The Labute approximate surface area is 62.9 Å². The largest absolute Gasteiger partial charge is 0.0879 e. The SMILES string of the molecule is C1=C\CC/C=C\C/C=C/C/1. The molecule has 0 atom stereocenters. The average molecular weight is 134 g/mol. The molecule has 0 unspecified atom stereocenters. The minimum atomic E-state index is 1.10. The lowest BCUT2D eigenvalue weighted by Gasteiger charge is -1.89. The van der Waals surface area contributed by atoms with Crippen LogP contribution in [0.25, 0.3) is 0 Å². The zero-order valence-electron chi connectivity index (χ0n) is 6.29. The van der Waals surface area contributed by atoms with Gasteiger partial charge in [0.2, 0.25) is 0 Å². The Morgan fingerprint density at radius 2 is 0.900 bits per heavy atom. The summed E-state index contributed by atoms with van der Waals surface area (Å²) in [5, 5.41) is 0. The van der Waals surface area contributed by atoms with Crippen molar-refractivity contribution in [3.63, 3.8) is 0 Å². The van der Waals surface area contributed by atoms with Gasteiger partial charge in [-0.05, 0) is 25.7 Å². The van der Waals surface area contributed by atoms with Gasteiger partial charge >= 0.3 is 0 Å². The van der Waals surface area contributed by atoms with Gasteiger partial charge in [0, 0.05) is 0 Å². The van der Waals surface area contributed by atoms with Crippen molar-refractivity contribution in [1.29, 1.82) is 0 Å². The second-order valence-electron chi connectivity index (χ2n) is 2.46. The molecule has 1 rings (SSSR count). The molecule has 0 aromatic heterocycles. The van der Waals surface area contributed by atoms with Crippen LogP contribution in [0, 0.1) is 0 Å². The van der Waals surface area contributed by atoms with Crippen molar-refractivity contribution >= 4 is 0 Å². The van der Waals surface area contributed by atoms with Crippen LogP contribution in [0.5, 0.6) is 0 Å². The lowest BCUT2D eigenvalue weighted by atomic mass is 10.2. The van der Waals surface area contributed by atoms with E-state index in [2.05, 4.69) is 36.5 Å². The van der Waals surface area contributed by atoms with Crippen LogP contribution in [-0.4, -0.2) is 0 Å². The maximum absolute atomic E-state index is 2.25. The van der Waals surface area contributed by atoms with E-state index in [4.69, 9.17) is 0 Å². The summed E-state index contributed by atoms with van der Waals surface area (Å²) in [4.78, 5) is 0. The van der Waals surface area contributed by atoms with Crippen molar-refractivity contribution in [3.05, 3.63) is 36.5 Å². The monoisotopic (exact) mass is 134 g/mol. The fourth-order valence-corrected chi connectivity index (χ4v) is 0.970. The summed E-state index contributed by atoms with van der Waals surface area (Å²) in [6.07, 6.45) is 18.0. The molecule has 0 radical (unpaired) electrons. The highest BCUT2D eigenvalue weighted by Gasteiger charge is 1.79. The second kappa shape index (κ2) is 5.04. The van der Waals surface area contributed by atoms with Crippen LogP contribution in [0.15, 0.2) is 36.5 Å². The van der Waals surface area contributed by atoms with Crippen molar-refractivity contribution in [2.24, 2.45) is 0 Å². The van der Waals surface area contributed by atoms with Gasteiger partial charge in [-0.3, -0.25) is 0 Å². The molecule has 0 spiro atoms. The van der Waals surface area contributed by atoms with Gasteiger partial charge in [0.05, 0.1) is 0 Å². The molecule has 0 N–H and O–H groups in total. The molecule has 10 heavy (non-hydrogen) atoms. The molecule has 0 amide bonds. The van der Waals surface area contributed by atoms with Crippen LogP contribution >= 0.6 is 0 Å². The Bertz CT molecular complexity index is 131. The molecule has 0 aromatic carbocycles. The molecule has 0 aliphatic heterocycles. The van der Waals surface area contributed by atoms with Crippen LogP contribution in [-0.2, 0) is 0 Å². The predicted molar refractivity (Wildman–Crippen MR) is 45.9 cm³/mol. The first kappa shape index (κ1) is 7.33. The van der Waals surface area contributed by atoms with Crippen molar-refractivity contribution in [2.75, 3.05) is 0 Å². The van der Waals surface area contributed by atoms with E-state index < -0.39 is 0 Å². The third kappa shape index (κ3) is 3.29. The van der Waals surface area contributed by atoms with E-state index in [9.17, 15) is 0 Å². The van der Waals surface area contributed by atoms with E-state index in [0.717, 1.165) is 12.8 Å². The first-order valence-electron chi connectivity index (χ1n) is 3.95. The third-order valence-electron chi connectivity index (χ3n) is 1.54. The van der Waals surface area contributed by atoms with Crippen molar-refractivity contribution < 1.29 is 0 Å². The molecule has 0 bridgehead atoms. The summed E-state index contributed by atoms with van der Waals surface area (Å²) in [5.41, 5.74) is 0. The van der Waals surface area contributed by atoms with Crippen molar-refractivity contribution in [2.45, 2.75) is 25.7 Å². The van der Waals surface area contributed by atoms with Crippen LogP contribution < -0.4 is 0 Å². The second-order valence-corrected chi connectivity index (χ2v) is 2.46. The van der Waals surface area contributed by atoms with Gasteiger partial charge in [0.15, 0.2) is 0 Å². The smallest absolute Gasteiger partial charge is 0.0169 e. The molecule has 0 heteroatoms. The Kier molecular flexibility index (Phi) is 3.69. The molecule has 0 heterocycles. The molecule has 0 saturated carbocycles. The van der Waals surface area contributed by atoms with Crippen LogP contribution in [0.2, 0.25) is 0 Å². The molecule has 1 aliphatic carbocycles. The first-order valence-corrected chi connectivity index (χ1v) is 3.95. The molecular formula is C10H14. The number of rotatable bonds is 0. The van der Waals surface area contributed by atoms with E-state index >= 15 is 0 Å². The summed E-state index contributed by atoms with van der Waals surface area (Å²) in [5.74, 6) is 0. The highest BCUT2D eigenvalue weighted by atomic mass is 13.9. The predicted octanol–water partition coefficient (Wildman–Crippen LogP) is 3.23. The fraction of sp³-hybridized carbons (Fsp3) is 0.400. The Morgan fingerprint density at radius 1 is 0.500 bits per heavy atom. The van der Waals surface area contributed by atoms with Crippen LogP contribution in [0.1, 0.15) is 25.7 Å². The first-order chi connectivity index (χ1) is 5.00. The summed E-state index contributed by atoms with van der Waals surface area (Å²) in [6.45, 7) is 0. The van der Waals surface area contributed by atoms with E-state index in [1.54, 1.807) is 0 Å².